The van der Waals surface area contributed by atoms with E-state index >= 15 is 4.39 Å². The second-order valence-corrected chi connectivity index (χ2v) is 10.8. The zero-order chi connectivity index (χ0) is 27.0. The second-order valence-electron chi connectivity index (χ2n) is 10.8. The summed E-state index contributed by atoms with van der Waals surface area (Å²) >= 11 is 0. The van der Waals surface area contributed by atoms with Crippen LogP contribution >= 0.6 is 0 Å². The number of ether oxygens (including phenoxy) is 2. The number of nitrogens with one attached hydrogen (secondary N) is 1. The van der Waals surface area contributed by atoms with Crippen LogP contribution in [0.4, 0.5) is 10.2 Å². The number of aryl methyl sites for hydroxylation is 2. The minimum Gasteiger partial charge on any atom is -0.491 e. The molecule has 2 N–H and O–H groups in total. The maximum atomic E-state index is 15.8. The number of carboxylic acid groups (broad SMARTS) is 1. The van der Waals surface area contributed by atoms with Gasteiger partial charge in [-0.25, -0.2) is 9.37 Å². The van der Waals surface area contributed by atoms with Gasteiger partial charge in [-0.15, -0.1) is 0 Å². The fraction of sp³-hybridized carbons (Fsp3) is 0.600. The van der Waals surface area contributed by atoms with Crippen molar-refractivity contribution < 1.29 is 23.8 Å². The molecule has 3 aliphatic heterocycles. The van der Waals surface area contributed by atoms with E-state index in [1.165, 1.54) is 5.56 Å². The summed E-state index contributed by atoms with van der Waals surface area (Å²) in [6.45, 7) is 9.57. The highest BCUT2D eigenvalue weighted by Gasteiger charge is 2.39. The van der Waals surface area contributed by atoms with Crippen LogP contribution in [0.3, 0.4) is 0 Å². The van der Waals surface area contributed by atoms with Gasteiger partial charge in [-0.3, -0.25) is 9.69 Å². The maximum Gasteiger partial charge on any atom is 0.304 e. The molecule has 0 aromatic carbocycles. The Balaban J connectivity index is 1.33. The molecule has 0 aliphatic carbocycles. The standard InChI is InChI=1S/C30H42FN3O4/c1-3-6-26(38-20-27-8-5-16-37-27)17-22(2)24(18-28(35)36)19-34-15-13-30(31,21-34)12-11-25-10-9-23-7-4-14-32-29(23)33-25/h3,6,9-10,17,24,27H,2,4-5,7-8,11-16,18-21H2,1H3,(H,32,33)(H,35,36)/b6-3-,26-17+/t24-,27-,30+/m1/s1. The highest BCUT2D eigenvalue weighted by molar-refractivity contribution is 5.67. The highest BCUT2D eigenvalue weighted by Crippen LogP contribution is 2.32. The first-order chi connectivity index (χ1) is 18.3. The number of hydrogen-bond donors (Lipinski definition) is 2. The number of allylic oxidation sites excluding steroid dienone is 3. The fourth-order valence-corrected chi connectivity index (χ4v) is 5.54. The first-order valence-electron chi connectivity index (χ1n) is 14.0. The van der Waals surface area contributed by atoms with E-state index in [2.05, 4.69) is 18.0 Å². The normalized spacial score (nSPS) is 24.8. The molecule has 0 spiro atoms. The molecule has 3 atom stereocenters. The zero-order valence-electron chi connectivity index (χ0n) is 22.6. The van der Waals surface area contributed by atoms with Gasteiger partial charge >= 0.3 is 5.97 Å². The number of rotatable bonds is 13. The number of aliphatic carboxylic acids is 1. The van der Waals surface area contributed by atoms with Crippen molar-refractivity contribution in [2.75, 3.05) is 44.7 Å². The summed E-state index contributed by atoms with van der Waals surface area (Å²) in [6.07, 6.45) is 11.2. The molecule has 208 valence electrons. The molecular formula is C30H42FN3O4. The van der Waals surface area contributed by atoms with Crippen molar-refractivity contribution in [3.8, 4) is 0 Å². The van der Waals surface area contributed by atoms with Crippen LogP contribution in [0.5, 0.6) is 0 Å². The Bertz CT molecular complexity index is 1040. The van der Waals surface area contributed by atoms with Gasteiger partial charge in [0, 0.05) is 44.4 Å². The van der Waals surface area contributed by atoms with E-state index < -0.39 is 11.6 Å². The quantitative estimate of drug-likeness (QED) is 0.273. The number of aromatic nitrogens is 1. The molecule has 0 bridgehead atoms. The monoisotopic (exact) mass is 527 g/mol. The molecule has 4 rings (SSSR count). The van der Waals surface area contributed by atoms with E-state index in [1.807, 2.05) is 36.1 Å². The minimum absolute atomic E-state index is 0.0635. The molecule has 0 amide bonds. The SMILES string of the molecule is C=C(/C=C(\C=C/C)OC[C@H]1CCCO1)[C@H](CC(=O)O)CN1CC[C@@](F)(CCc2ccc3c(n2)NCCC3)C1. The number of fused-ring (bicyclic) bond motifs is 1. The number of halogens is 1. The fourth-order valence-electron chi connectivity index (χ4n) is 5.54. The lowest BCUT2D eigenvalue weighted by molar-refractivity contribution is -0.137. The predicted molar refractivity (Wildman–Crippen MR) is 147 cm³/mol. The molecule has 1 aromatic heterocycles. The Morgan fingerprint density at radius 2 is 2.32 bits per heavy atom. The van der Waals surface area contributed by atoms with Crippen molar-refractivity contribution >= 4 is 11.8 Å². The third-order valence-corrected chi connectivity index (χ3v) is 7.71. The first kappa shape index (κ1) is 28.3. The van der Waals surface area contributed by atoms with Gasteiger partial charge in [-0.1, -0.05) is 18.7 Å². The third-order valence-electron chi connectivity index (χ3n) is 7.71. The Labute approximate surface area is 225 Å². The molecule has 1 aromatic rings. The van der Waals surface area contributed by atoms with Crippen molar-refractivity contribution in [1.29, 1.82) is 0 Å². The number of pyridine rings is 1. The topological polar surface area (TPSA) is 83.9 Å². The molecule has 0 radical (unpaired) electrons. The molecule has 0 unspecified atom stereocenters. The minimum atomic E-state index is -1.31. The van der Waals surface area contributed by atoms with Crippen LogP contribution in [0.25, 0.3) is 0 Å². The van der Waals surface area contributed by atoms with Gasteiger partial charge in [0.25, 0.3) is 0 Å². The van der Waals surface area contributed by atoms with E-state index in [9.17, 15) is 9.90 Å². The van der Waals surface area contributed by atoms with Gasteiger partial charge in [0.05, 0.1) is 12.5 Å². The van der Waals surface area contributed by atoms with Crippen molar-refractivity contribution in [3.63, 3.8) is 0 Å². The van der Waals surface area contributed by atoms with Gasteiger partial charge < -0.3 is 19.9 Å². The first-order valence-corrected chi connectivity index (χ1v) is 14.0. The average molecular weight is 528 g/mol. The molecule has 0 saturated carbocycles. The smallest absolute Gasteiger partial charge is 0.304 e. The number of carboxylic acids is 1. The molecule has 2 fully saturated rings. The Morgan fingerprint density at radius 1 is 1.45 bits per heavy atom. The summed E-state index contributed by atoms with van der Waals surface area (Å²) in [7, 11) is 0. The molecular weight excluding hydrogens is 485 g/mol. The van der Waals surface area contributed by atoms with Crippen LogP contribution in [0.2, 0.25) is 0 Å². The van der Waals surface area contributed by atoms with Gasteiger partial charge in [0.1, 0.15) is 23.9 Å². The Kier molecular flexibility index (Phi) is 9.97. The van der Waals surface area contributed by atoms with Crippen molar-refractivity contribution in [1.82, 2.24) is 9.88 Å². The van der Waals surface area contributed by atoms with Crippen LogP contribution in [-0.2, 0) is 27.1 Å². The van der Waals surface area contributed by atoms with Crippen LogP contribution in [0.15, 0.2) is 48.3 Å². The van der Waals surface area contributed by atoms with E-state index in [0.717, 1.165) is 50.3 Å². The number of hydrogen-bond acceptors (Lipinski definition) is 6. The van der Waals surface area contributed by atoms with Crippen molar-refractivity contribution in [2.24, 2.45) is 5.92 Å². The summed E-state index contributed by atoms with van der Waals surface area (Å²) in [5.41, 5.74) is 1.51. The molecule has 7 nitrogen and oxygen atoms in total. The summed E-state index contributed by atoms with van der Waals surface area (Å²) in [6, 6.07) is 4.13. The predicted octanol–water partition coefficient (Wildman–Crippen LogP) is 5.09. The number of carbonyl (C=O) groups is 1. The maximum absolute atomic E-state index is 15.8. The number of nitrogens with zero attached hydrogens (tertiary/aromatic N) is 2. The molecule has 8 heteroatoms. The molecule has 3 aliphatic rings. The largest absolute Gasteiger partial charge is 0.491 e. The Hall–Kier alpha value is -2.71. The number of anilines is 1. The summed E-state index contributed by atoms with van der Waals surface area (Å²) in [5, 5.41) is 12.9. The summed E-state index contributed by atoms with van der Waals surface area (Å²) in [4.78, 5) is 18.4. The van der Waals surface area contributed by atoms with Crippen LogP contribution in [-0.4, -0.2) is 72.1 Å². The van der Waals surface area contributed by atoms with Crippen LogP contribution in [0, 0.1) is 5.92 Å². The lowest BCUT2D eigenvalue weighted by atomic mass is 9.95. The molecule has 2 saturated heterocycles. The van der Waals surface area contributed by atoms with Crippen molar-refractivity contribution in [2.45, 2.75) is 70.1 Å². The van der Waals surface area contributed by atoms with Gasteiger partial charge in [0.15, 0.2) is 0 Å². The van der Waals surface area contributed by atoms with Crippen molar-refractivity contribution in [3.05, 3.63) is 59.5 Å². The number of alkyl halides is 1. The van der Waals surface area contributed by atoms with E-state index in [-0.39, 0.29) is 18.4 Å². The van der Waals surface area contributed by atoms with Gasteiger partial charge in [-0.05, 0) is 81.2 Å². The van der Waals surface area contributed by atoms with Crippen LogP contribution < -0.4 is 5.32 Å². The molecule has 38 heavy (non-hydrogen) atoms. The van der Waals surface area contributed by atoms with E-state index in [1.54, 1.807) is 0 Å². The highest BCUT2D eigenvalue weighted by atomic mass is 19.1. The zero-order valence-corrected chi connectivity index (χ0v) is 22.6. The molecule has 4 heterocycles. The summed E-state index contributed by atoms with van der Waals surface area (Å²) < 4.78 is 27.4. The van der Waals surface area contributed by atoms with E-state index in [4.69, 9.17) is 14.5 Å². The van der Waals surface area contributed by atoms with Crippen LogP contribution in [0.1, 0.15) is 56.7 Å². The Morgan fingerprint density at radius 3 is 3.08 bits per heavy atom. The summed E-state index contributed by atoms with van der Waals surface area (Å²) in [5.74, 6) is 0.344. The second kappa shape index (κ2) is 13.4. The van der Waals surface area contributed by atoms with Gasteiger partial charge in [-0.2, -0.15) is 0 Å². The number of likely N-dealkylation sites (tertiary alicyclic amines) is 1. The van der Waals surface area contributed by atoms with E-state index in [0.29, 0.717) is 56.8 Å². The third kappa shape index (κ3) is 8.14. The lowest BCUT2D eigenvalue weighted by Gasteiger charge is -2.25. The average Bonchev–Trinajstić information content (AvgIpc) is 3.55. The van der Waals surface area contributed by atoms with Gasteiger partial charge in [0.2, 0.25) is 0 Å². The lowest BCUT2D eigenvalue weighted by Crippen LogP contribution is -2.33.